The van der Waals surface area contributed by atoms with Gasteiger partial charge in [-0.1, -0.05) is 6.08 Å². The second-order valence-electron chi connectivity index (χ2n) is 4.76. The van der Waals surface area contributed by atoms with E-state index in [0.717, 1.165) is 0 Å². The van der Waals surface area contributed by atoms with Crippen LogP contribution in [0.4, 0.5) is 0 Å². The van der Waals surface area contributed by atoms with Gasteiger partial charge in [-0.2, -0.15) is 0 Å². The summed E-state index contributed by atoms with van der Waals surface area (Å²) in [6.45, 7) is 5.49. The number of carbonyl (C=O) groups excluding carboxylic acids is 3. The number of hydrogen-bond acceptors (Lipinski definition) is 5. The number of amides is 1. The Labute approximate surface area is 116 Å². The molecule has 20 heavy (non-hydrogen) atoms. The highest BCUT2D eigenvalue weighted by Crippen LogP contribution is 2.47. The highest BCUT2D eigenvalue weighted by Gasteiger charge is 2.57. The van der Waals surface area contributed by atoms with E-state index in [1.54, 1.807) is 26.8 Å². The predicted molar refractivity (Wildman–Crippen MR) is 69.5 cm³/mol. The molecule has 2 atom stereocenters. The largest absolute Gasteiger partial charge is 0.463 e. The van der Waals surface area contributed by atoms with Crippen molar-refractivity contribution in [2.75, 3.05) is 13.2 Å². The molecule has 6 heteroatoms. The number of hydrogen-bond donors (Lipinski definition) is 1. The number of nitrogens with one attached hydrogen (secondary N) is 1. The molecule has 0 aromatic heterocycles. The number of rotatable bonds is 4. The fourth-order valence-electron chi connectivity index (χ4n) is 2.67. The van der Waals surface area contributed by atoms with Gasteiger partial charge in [-0.05, 0) is 26.8 Å². The molecule has 0 saturated heterocycles. The molecule has 2 rings (SSSR count). The summed E-state index contributed by atoms with van der Waals surface area (Å²) in [6, 6.07) is 0. The SMILES string of the molecule is CCOC(=O)C1=C(C(=O)OCC)[C@@]2(C)NC(=O)C=C[C@@H]12. The molecule has 0 spiro atoms. The van der Waals surface area contributed by atoms with Gasteiger partial charge in [0, 0.05) is 5.92 Å². The van der Waals surface area contributed by atoms with E-state index >= 15 is 0 Å². The number of carbonyl (C=O) groups is 3. The second-order valence-corrected chi connectivity index (χ2v) is 4.76. The first-order chi connectivity index (χ1) is 9.45. The molecule has 0 saturated carbocycles. The van der Waals surface area contributed by atoms with Crippen LogP contribution in [0.3, 0.4) is 0 Å². The topological polar surface area (TPSA) is 81.7 Å². The molecule has 1 aliphatic heterocycles. The van der Waals surface area contributed by atoms with Gasteiger partial charge in [0.05, 0.1) is 29.9 Å². The van der Waals surface area contributed by atoms with Gasteiger partial charge in [-0.3, -0.25) is 4.79 Å². The van der Waals surface area contributed by atoms with Gasteiger partial charge in [-0.25, -0.2) is 9.59 Å². The molecule has 0 unspecified atom stereocenters. The Morgan fingerprint density at radius 2 is 1.85 bits per heavy atom. The summed E-state index contributed by atoms with van der Waals surface area (Å²) >= 11 is 0. The molecule has 0 radical (unpaired) electrons. The molecular formula is C14H17NO5. The van der Waals surface area contributed by atoms with Gasteiger partial charge in [0.25, 0.3) is 0 Å². The van der Waals surface area contributed by atoms with E-state index in [-0.39, 0.29) is 36.2 Å². The number of fused-ring (bicyclic) bond motifs is 1. The second kappa shape index (κ2) is 5.11. The zero-order valence-corrected chi connectivity index (χ0v) is 11.7. The Hall–Kier alpha value is -2.11. The smallest absolute Gasteiger partial charge is 0.337 e. The highest BCUT2D eigenvalue weighted by molar-refractivity contribution is 6.09. The van der Waals surface area contributed by atoms with E-state index in [1.807, 2.05) is 0 Å². The van der Waals surface area contributed by atoms with E-state index in [1.165, 1.54) is 6.08 Å². The molecule has 0 aromatic rings. The molecule has 0 bridgehead atoms. The van der Waals surface area contributed by atoms with E-state index in [2.05, 4.69) is 5.32 Å². The summed E-state index contributed by atoms with van der Waals surface area (Å²) in [5.74, 6) is -1.80. The molecule has 0 fully saturated rings. The van der Waals surface area contributed by atoms with Crippen LogP contribution in [0.2, 0.25) is 0 Å². The average molecular weight is 279 g/mol. The van der Waals surface area contributed by atoms with Gasteiger partial charge < -0.3 is 14.8 Å². The van der Waals surface area contributed by atoms with Gasteiger partial charge in [-0.15, -0.1) is 0 Å². The van der Waals surface area contributed by atoms with E-state index in [0.29, 0.717) is 0 Å². The number of ether oxygens (including phenoxy) is 2. The maximum Gasteiger partial charge on any atom is 0.337 e. The summed E-state index contributed by atoms with van der Waals surface area (Å²) in [6.07, 6.45) is 2.97. The van der Waals surface area contributed by atoms with Crippen molar-refractivity contribution in [3.63, 3.8) is 0 Å². The van der Waals surface area contributed by atoms with Crippen LogP contribution in [0.5, 0.6) is 0 Å². The molecule has 1 N–H and O–H groups in total. The first-order valence-electron chi connectivity index (χ1n) is 6.54. The third-order valence-electron chi connectivity index (χ3n) is 3.52. The van der Waals surface area contributed by atoms with Crippen LogP contribution in [0.1, 0.15) is 20.8 Å². The van der Waals surface area contributed by atoms with Crippen molar-refractivity contribution in [1.29, 1.82) is 0 Å². The highest BCUT2D eigenvalue weighted by atomic mass is 16.5. The Morgan fingerprint density at radius 3 is 2.45 bits per heavy atom. The molecule has 2 aliphatic rings. The average Bonchev–Trinajstić information content (AvgIpc) is 2.35. The van der Waals surface area contributed by atoms with Gasteiger partial charge in [0.1, 0.15) is 0 Å². The Kier molecular flexibility index (Phi) is 3.65. The summed E-state index contributed by atoms with van der Waals surface area (Å²) in [5, 5.41) is 2.72. The van der Waals surface area contributed by atoms with Crippen LogP contribution in [0, 0.1) is 5.92 Å². The van der Waals surface area contributed by atoms with Crippen molar-refractivity contribution < 1.29 is 23.9 Å². The van der Waals surface area contributed by atoms with Gasteiger partial charge in [0.15, 0.2) is 0 Å². The standard InChI is InChI=1S/C14H17NO5/c1-4-19-12(17)10-8-6-7-9(16)15-14(8,3)11(10)13(18)20-5-2/h6-8H,4-5H2,1-3H3,(H,15,16)/t8-,14-/m0/s1. The summed E-state index contributed by atoms with van der Waals surface area (Å²) in [5.41, 5.74) is -0.454. The normalized spacial score (nSPS) is 27.4. The third-order valence-corrected chi connectivity index (χ3v) is 3.52. The Bertz CT molecular complexity index is 534. The lowest BCUT2D eigenvalue weighted by molar-refractivity contribution is -0.145. The summed E-state index contributed by atoms with van der Waals surface area (Å²) in [7, 11) is 0. The van der Waals surface area contributed by atoms with Crippen LogP contribution in [-0.4, -0.2) is 36.6 Å². The van der Waals surface area contributed by atoms with Crippen LogP contribution in [-0.2, 0) is 23.9 Å². The predicted octanol–water partition coefficient (Wildman–Crippen LogP) is 0.484. The van der Waals surface area contributed by atoms with Gasteiger partial charge in [0.2, 0.25) is 5.91 Å². The van der Waals surface area contributed by atoms with Crippen molar-refractivity contribution in [3.8, 4) is 0 Å². The van der Waals surface area contributed by atoms with Crippen molar-refractivity contribution in [1.82, 2.24) is 5.32 Å². The minimum Gasteiger partial charge on any atom is -0.463 e. The summed E-state index contributed by atoms with van der Waals surface area (Å²) < 4.78 is 9.95. The molecule has 1 amide bonds. The van der Waals surface area contributed by atoms with Crippen LogP contribution < -0.4 is 5.32 Å². The van der Waals surface area contributed by atoms with Crippen LogP contribution in [0.25, 0.3) is 0 Å². The van der Waals surface area contributed by atoms with Crippen LogP contribution >= 0.6 is 0 Å². The third kappa shape index (κ3) is 2.01. The Morgan fingerprint density at radius 1 is 1.25 bits per heavy atom. The van der Waals surface area contributed by atoms with Crippen molar-refractivity contribution >= 4 is 17.8 Å². The first-order valence-corrected chi connectivity index (χ1v) is 6.54. The Balaban J connectivity index is 2.43. The number of esters is 2. The maximum atomic E-state index is 12.0. The first kappa shape index (κ1) is 14.3. The zero-order valence-electron chi connectivity index (χ0n) is 11.7. The van der Waals surface area contributed by atoms with E-state index in [4.69, 9.17) is 9.47 Å². The fraction of sp³-hybridized carbons (Fsp3) is 0.500. The van der Waals surface area contributed by atoms with Crippen LogP contribution in [0.15, 0.2) is 23.3 Å². The molecule has 1 heterocycles. The van der Waals surface area contributed by atoms with E-state index < -0.39 is 17.5 Å². The maximum absolute atomic E-state index is 12.0. The lowest BCUT2D eigenvalue weighted by Gasteiger charge is -2.49. The molecular weight excluding hydrogens is 262 g/mol. The fourth-order valence-corrected chi connectivity index (χ4v) is 2.67. The quantitative estimate of drug-likeness (QED) is 0.757. The van der Waals surface area contributed by atoms with E-state index in [9.17, 15) is 14.4 Å². The minimum atomic E-state index is -0.903. The lowest BCUT2D eigenvalue weighted by Crippen LogP contribution is -2.64. The molecule has 108 valence electrons. The lowest BCUT2D eigenvalue weighted by atomic mass is 9.61. The minimum absolute atomic E-state index is 0.181. The zero-order chi connectivity index (χ0) is 14.9. The van der Waals surface area contributed by atoms with Crippen molar-refractivity contribution in [2.24, 2.45) is 5.92 Å². The molecule has 6 nitrogen and oxygen atoms in total. The molecule has 1 aliphatic carbocycles. The summed E-state index contributed by atoms with van der Waals surface area (Å²) in [4.78, 5) is 35.5. The van der Waals surface area contributed by atoms with Gasteiger partial charge >= 0.3 is 11.9 Å². The molecule has 0 aromatic carbocycles. The van der Waals surface area contributed by atoms with Crippen molar-refractivity contribution in [2.45, 2.75) is 26.3 Å². The van der Waals surface area contributed by atoms with Crippen molar-refractivity contribution in [3.05, 3.63) is 23.3 Å². The monoisotopic (exact) mass is 279 g/mol.